The molecule has 0 unspecified atom stereocenters. The quantitative estimate of drug-likeness (QED) is 0.112. The van der Waals surface area contributed by atoms with Crippen molar-refractivity contribution in [2.75, 3.05) is 17.4 Å². The number of nitrogens with zero attached hydrogens (tertiary/aromatic N) is 2. The van der Waals surface area contributed by atoms with Gasteiger partial charge >= 0.3 is 12.4 Å². The van der Waals surface area contributed by atoms with Crippen molar-refractivity contribution in [1.29, 1.82) is 0 Å². The Hall–Kier alpha value is -5.06. The van der Waals surface area contributed by atoms with E-state index in [2.05, 4.69) is 21.4 Å². The van der Waals surface area contributed by atoms with E-state index in [4.69, 9.17) is 27.9 Å². The van der Waals surface area contributed by atoms with Crippen LogP contribution in [0.25, 0.3) is 0 Å². The molecule has 4 aromatic carbocycles. The molecule has 9 nitrogen and oxygen atoms in total. The number of imide groups is 2. The summed E-state index contributed by atoms with van der Waals surface area (Å²) in [5, 5.41) is 12.7. The summed E-state index contributed by atoms with van der Waals surface area (Å²) in [5.74, 6) is -9.80. The summed E-state index contributed by atoms with van der Waals surface area (Å²) < 4.78 is 89.5. The average molecular weight is 923 g/mol. The Morgan fingerprint density at radius 2 is 1.49 bits per heavy atom. The van der Waals surface area contributed by atoms with Crippen molar-refractivity contribution in [3.63, 3.8) is 0 Å². The highest BCUT2D eigenvalue weighted by Gasteiger charge is 2.71. The van der Waals surface area contributed by atoms with E-state index in [9.17, 15) is 45.8 Å². The molecule has 4 amide bonds. The van der Waals surface area contributed by atoms with Gasteiger partial charge in [0.25, 0.3) is 11.8 Å². The lowest BCUT2D eigenvalue weighted by molar-refractivity contribution is -0.143. The Kier molecular flexibility index (Phi) is 9.87. The van der Waals surface area contributed by atoms with Crippen molar-refractivity contribution in [3.8, 4) is 11.5 Å². The Balaban J connectivity index is 1.32. The third-order valence-electron chi connectivity index (χ3n) is 11.7. The first-order chi connectivity index (χ1) is 27.8. The number of halogens is 9. The topological polar surface area (TPSA) is 116 Å². The average Bonchev–Trinajstić information content (AvgIpc) is 3.56. The predicted molar refractivity (Wildman–Crippen MR) is 205 cm³/mol. The smallest absolute Gasteiger partial charge is 0.416 e. The minimum atomic E-state index is -5.26. The summed E-state index contributed by atoms with van der Waals surface area (Å²) in [6.45, 7) is 0. The maximum Gasteiger partial charge on any atom is 0.416 e. The van der Waals surface area contributed by atoms with Gasteiger partial charge in [-0.1, -0.05) is 62.9 Å². The van der Waals surface area contributed by atoms with Gasteiger partial charge < -0.3 is 9.84 Å². The summed E-state index contributed by atoms with van der Waals surface area (Å²) in [6.07, 6.45) is -9.39. The molecule has 0 spiro atoms. The fraction of sp³-hybridized carbons (Fsp3) is 0.268. The van der Waals surface area contributed by atoms with Crippen LogP contribution in [0, 0.1) is 23.7 Å². The summed E-state index contributed by atoms with van der Waals surface area (Å²) in [4.78, 5) is 59.3. The molecule has 6 atom stereocenters. The maximum atomic E-state index is 15.4. The number of nitrogens with one attached hydrogen (secondary N) is 1. The molecule has 1 saturated carbocycles. The number of phenolic OH excluding ortho intramolecular Hbond substituents is 1. The van der Waals surface area contributed by atoms with E-state index in [-0.39, 0.29) is 46.0 Å². The van der Waals surface area contributed by atoms with Crippen LogP contribution in [-0.4, -0.2) is 40.9 Å². The summed E-state index contributed by atoms with van der Waals surface area (Å²) in [5.41, 5.74) is -2.41. The van der Waals surface area contributed by atoms with Crippen LogP contribution in [0.15, 0.2) is 95.0 Å². The summed E-state index contributed by atoms with van der Waals surface area (Å²) in [6, 6.07) is 15.7. The van der Waals surface area contributed by atoms with E-state index in [1.54, 1.807) is 42.5 Å². The Morgan fingerprint density at radius 3 is 2.10 bits per heavy atom. The van der Waals surface area contributed by atoms with E-state index in [0.717, 1.165) is 5.01 Å². The Morgan fingerprint density at radius 1 is 0.831 bits per heavy atom. The first-order valence-corrected chi connectivity index (χ1v) is 19.4. The van der Waals surface area contributed by atoms with E-state index in [1.807, 2.05) is 0 Å². The second-order valence-electron chi connectivity index (χ2n) is 14.7. The van der Waals surface area contributed by atoms with Gasteiger partial charge in [-0.15, -0.1) is 0 Å². The van der Waals surface area contributed by atoms with Crippen LogP contribution in [0.4, 0.5) is 37.7 Å². The van der Waals surface area contributed by atoms with Gasteiger partial charge in [-0.2, -0.15) is 31.4 Å². The van der Waals surface area contributed by atoms with Crippen molar-refractivity contribution in [3.05, 3.63) is 127 Å². The molecule has 0 bridgehead atoms. The van der Waals surface area contributed by atoms with Gasteiger partial charge in [-0.05, 0) is 91.1 Å². The third kappa shape index (κ3) is 6.45. The fourth-order valence-electron chi connectivity index (χ4n) is 9.27. The number of phenols is 1. The summed E-state index contributed by atoms with van der Waals surface area (Å²) >= 11 is 16.0. The second-order valence-corrected chi connectivity index (χ2v) is 16.5. The highest BCUT2D eigenvalue weighted by atomic mass is 79.9. The number of aromatic hydroxyl groups is 1. The maximum absolute atomic E-state index is 15.4. The molecule has 2 N–H and O–H groups in total. The summed E-state index contributed by atoms with van der Waals surface area (Å²) in [7, 11) is 1.44. The highest BCUT2D eigenvalue weighted by molar-refractivity contribution is 9.10. The van der Waals surface area contributed by atoms with Crippen LogP contribution in [0.5, 0.6) is 11.5 Å². The van der Waals surface area contributed by atoms with Crippen molar-refractivity contribution >= 4 is 74.1 Å². The molecule has 306 valence electrons. The fourth-order valence-corrected chi connectivity index (χ4v) is 10.1. The molecule has 2 aliphatic heterocycles. The van der Waals surface area contributed by atoms with E-state index < -0.39 is 87.8 Å². The first kappa shape index (κ1) is 40.7. The number of hydrazine groups is 1. The van der Waals surface area contributed by atoms with E-state index in [1.165, 1.54) is 31.4 Å². The van der Waals surface area contributed by atoms with Gasteiger partial charge in [0, 0.05) is 21.0 Å². The molecule has 0 radical (unpaired) electrons. The molecule has 59 heavy (non-hydrogen) atoms. The Labute approximate surface area is 349 Å². The lowest BCUT2D eigenvalue weighted by Crippen LogP contribution is -2.53. The van der Waals surface area contributed by atoms with Crippen molar-refractivity contribution in [2.24, 2.45) is 23.7 Å². The molecule has 2 saturated heterocycles. The highest BCUT2D eigenvalue weighted by Crippen LogP contribution is 2.65. The molecule has 2 heterocycles. The number of ether oxygens (including phenoxy) is 1. The van der Waals surface area contributed by atoms with Crippen LogP contribution in [-0.2, 0) is 36.9 Å². The van der Waals surface area contributed by atoms with Gasteiger partial charge in [0.1, 0.15) is 11.5 Å². The molecule has 3 fully saturated rings. The number of benzene rings is 4. The lowest BCUT2D eigenvalue weighted by Gasteiger charge is -2.50. The van der Waals surface area contributed by atoms with Gasteiger partial charge in [0.2, 0.25) is 11.8 Å². The van der Waals surface area contributed by atoms with E-state index in [0.29, 0.717) is 38.4 Å². The van der Waals surface area contributed by atoms with Crippen LogP contribution in [0.2, 0.25) is 10.0 Å². The SMILES string of the molecule is COc1ccc([C@@]23C(=O)N(Nc4ccc(Cl)cc4Cl)C(=O)[C@@H]2C[C@@H]2C(=CC[C@@H]4C(=O)N(c5cc(C(F)(F)F)cc(C(F)(F)F)c5)C(=O)[C@@H]42)[C@@H]3c2cc(Br)ccc2O)cc1. The number of amides is 4. The minimum Gasteiger partial charge on any atom is -0.508 e. The minimum absolute atomic E-state index is 0.0605. The van der Waals surface area contributed by atoms with Crippen LogP contribution in [0.1, 0.15) is 41.0 Å². The monoisotopic (exact) mass is 921 g/mol. The molecule has 2 aliphatic carbocycles. The van der Waals surface area contributed by atoms with Crippen LogP contribution < -0.4 is 15.1 Å². The van der Waals surface area contributed by atoms with Gasteiger partial charge in [0.05, 0.1) is 57.8 Å². The zero-order valence-electron chi connectivity index (χ0n) is 30.2. The van der Waals surface area contributed by atoms with Gasteiger partial charge in [0.15, 0.2) is 0 Å². The third-order valence-corrected chi connectivity index (χ3v) is 12.8. The first-order valence-electron chi connectivity index (χ1n) is 17.9. The molecule has 4 aliphatic rings. The second kappa shape index (κ2) is 14.3. The van der Waals surface area contributed by atoms with Crippen LogP contribution in [0.3, 0.4) is 0 Å². The van der Waals surface area contributed by atoms with Crippen molar-refractivity contribution in [1.82, 2.24) is 5.01 Å². The molecule has 8 rings (SSSR count). The number of rotatable bonds is 6. The number of hydrogen-bond donors (Lipinski definition) is 2. The van der Waals surface area contributed by atoms with Crippen molar-refractivity contribution in [2.45, 2.75) is 36.5 Å². The molecular formula is C41H28BrCl2F6N3O6. The zero-order chi connectivity index (χ0) is 42.5. The number of allylic oxidation sites excluding steroid dienone is 2. The number of anilines is 2. The number of carbonyl (C=O) groups is 4. The zero-order valence-corrected chi connectivity index (χ0v) is 33.3. The molecular weight excluding hydrogens is 895 g/mol. The normalized spacial score (nSPS) is 25.5. The number of fused-ring (bicyclic) bond motifs is 4. The standard InChI is InChI=1S/C41H28BrCl2F6N3O6/c1-59-24-6-2-18(3-7-24)39-29(36(56)53(38(39)58)51-31-10-5-22(43)16-30(31)44)17-27-25(34(39)28-15-21(42)4-11-32(28)54)8-9-26-33(27)37(57)52(35(26)55)23-13-19(40(45,46)47)12-20(14-23)41(48,49)50/h2-8,10-16,26-27,29,33-34,51,54H,9,17H2,1H3/t26-,27+,29-,33-,34+,39+/m0/s1. The number of methoxy groups -OCH3 is 1. The predicted octanol–water partition coefficient (Wildman–Crippen LogP) is 9.70. The van der Waals surface area contributed by atoms with Crippen molar-refractivity contribution < 1.29 is 55.4 Å². The van der Waals surface area contributed by atoms with Gasteiger partial charge in [-0.3, -0.25) is 24.6 Å². The lowest BCUT2D eigenvalue weighted by atomic mass is 9.49. The number of carbonyl (C=O) groups excluding carboxylic acids is 4. The number of alkyl halides is 6. The molecule has 0 aromatic heterocycles. The van der Waals surface area contributed by atoms with Crippen LogP contribution >= 0.6 is 39.1 Å². The largest absolute Gasteiger partial charge is 0.508 e. The van der Waals surface area contributed by atoms with Gasteiger partial charge in [-0.25, -0.2) is 4.90 Å². The molecule has 18 heteroatoms. The number of hydrogen-bond acceptors (Lipinski definition) is 7. The molecule has 4 aromatic rings. The Bertz CT molecular complexity index is 2470. The van der Waals surface area contributed by atoms with E-state index >= 15 is 4.79 Å².